The minimum Gasteiger partial charge on any atom is -0.475 e. The summed E-state index contributed by atoms with van der Waals surface area (Å²) in [6.07, 6.45) is -7.27. The van der Waals surface area contributed by atoms with E-state index in [4.69, 9.17) is 24.9 Å². The second-order valence-electron chi connectivity index (χ2n) is 9.95. The molecule has 2 aromatic heterocycles. The number of carbonyl (C=O) groups is 2. The Hall–Kier alpha value is -4.01. The van der Waals surface area contributed by atoms with Gasteiger partial charge in [0.15, 0.2) is 0 Å². The molecule has 0 radical (unpaired) electrons. The van der Waals surface area contributed by atoms with Gasteiger partial charge in [-0.1, -0.05) is 6.07 Å². The molecule has 42 heavy (non-hydrogen) atoms. The molecule has 3 heterocycles. The van der Waals surface area contributed by atoms with Crippen molar-refractivity contribution in [2.24, 2.45) is 5.92 Å². The van der Waals surface area contributed by atoms with Crippen LogP contribution in [0.2, 0.25) is 0 Å². The molecule has 1 saturated heterocycles. The highest BCUT2D eigenvalue weighted by Crippen LogP contribution is 2.48. The van der Waals surface area contributed by atoms with E-state index >= 15 is 0 Å². The van der Waals surface area contributed by atoms with E-state index in [0.717, 1.165) is 37.3 Å². The summed E-state index contributed by atoms with van der Waals surface area (Å²) in [7, 11) is 0. The number of likely N-dealkylation sites (tertiary alicyclic amines) is 1. The van der Waals surface area contributed by atoms with Gasteiger partial charge in [-0.25, -0.2) is 14.0 Å². The fraction of sp³-hybridized carbons (Fsp3) is 0.407. The molecule has 8 nitrogen and oxygen atoms in total. The van der Waals surface area contributed by atoms with E-state index in [9.17, 15) is 30.7 Å². The minimum atomic E-state index is -5.08. The van der Waals surface area contributed by atoms with Crippen molar-refractivity contribution in [3.05, 3.63) is 71.4 Å². The van der Waals surface area contributed by atoms with Gasteiger partial charge in [0.2, 0.25) is 0 Å². The number of benzene rings is 1. The summed E-state index contributed by atoms with van der Waals surface area (Å²) in [6.45, 7) is 7.34. The smallest absolute Gasteiger partial charge is 0.475 e. The molecule has 1 aromatic carbocycles. The molecule has 2 aliphatic rings. The van der Waals surface area contributed by atoms with Crippen molar-refractivity contribution < 1.29 is 50.5 Å². The largest absolute Gasteiger partial charge is 0.490 e. The Morgan fingerprint density at radius 1 is 0.952 bits per heavy atom. The Balaban J connectivity index is 0.000000289. The molecule has 3 aromatic rings. The zero-order valence-corrected chi connectivity index (χ0v) is 22.3. The van der Waals surface area contributed by atoms with Crippen molar-refractivity contribution in [1.29, 1.82) is 0 Å². The van der Waals surface area contributed by atoms with Crippen LogP contribution in [0.25, 0.3) is 11.3 Å². The van der Waals surface area contributed by atoms with Crippen molar-refractivity contribution in [3.63, 3.8) is 0 Å². The summed E-state index contributed by atoms with van der Waals surface area (Å²) < 4.78 is 79.1. The van der Waals surface area contributed by atoms with Crippen LogP contribution < -0.4 is 0 Å². The van der Waals surface area contributed by atoms with Gasteiger partial charge in [-0.15, -0.1) is 0 Å². The number of fused-ring (bicyclic) bond motifs is 3. The fourth-order valence-electron chi connectivity index (χ4n) is 4.90. The van der Waals surface area contributed by atoms with Crippen molar-refractivity contribution in [2.75, 3.05) is 13.1 Å². The zero-order valence-electron chi connectivity index (χ0n) is 22.3. The number of alkyl halides is 6. The number of hydrogen-bond donors (Lipinski definition) is 2. The third-order valence-electron chi connectivity index (χ3n) is 6.57. The molecule has 0 saturated carbocycles. The molecule has 15 heteroatoms. The molecule has 2 atom stereocenters. The average molecular weight is 605 g/mol. The van der Waals surface area contributed by atoms with Crippen LogP contribution in [0.1, 0.15) is 42.8 Å². The molecule has 0 bridgehead atoms. The van der Waals surface area contributed by atoms with E-state index in [2.05, 4.69) is 40.5 Å². The second kappa shape index (κ2) is 12.9. The maximum Gasteiger partial charge on any atom is 0.490 e. The maximum absolute atomic E-state index is 13.5. The number of hydrogen-bond acceptors (Lipinski definition) is 5. The third kappa shape index (κ3) is 8.05. The number of pyridine rings is 1. The Labute approximate surface area is 235 Å². The molecular formula is C27H27F7N4O4. The van der Waals surface area contributed by atoms with Crippen LogP contribution in [-0.2, 0) is 22.6 Å². The van der Waals surface area contributed by atoms with E-state index < -0.39 is 24.3 Å². The minimum absolute atomic E-state index is 0.198. The monoisotopic (exact) mass is 604 g/mol. The summed E-state index contributed by atoms with van der Waals surface area (Å²) in [5, 5.41) is 19.2. The average Bonchev–Trinajstić information content (AvgIpc) is 3.54. The van der Waals surface area contributed by atoms with Gasteiger partial charge in [-0.05, 0) is 62.6 Å². The van der Waals surface area contributed by atoms with Gasteiger partial charge in [-0.3, -0.25) is 14.6 Å². The van der Waals surface area contributed by atoms with Crippen LogP contribution in [0, 0.1) is 11.7 Å². The van der Waals surface area contributed by atoms with Crippen molar-refractivity contribution >= 4 is 11.9 Å². The summed E-state index contributed by atoms with van der Waals surface area (Å²) in [5.41, 5.74) is 5.98. The van der Waals surface area contributed by atoms with Gasteiger partial charge in [0.05, 0.1) is 17.1 Å². The summed E-state index contributed by atoms with van der Waals surface area (Å²) in [5.74, 6) is -4.61. The maximum atomic E-state index is 13.5. The summed E-state index contributed by atoms with van der Waals surface area (Å²) >= 11 is 0. The standard InChI is InChI=1S/C23H25FN4.2C2HF3O2/c1-15(2)28-23(16-6-8-18(24)9-7-16)22-20-14-27(12-17(20)11-21(22)26-28)13-19-5-3-4-10-25-19;2*3-2(4,5)1(6)7/h3-10,15,17,20H,11-14H2,1-2H3;2*(H,6,7)/t17-,20+;;/m1../s1. The van der Waals surface area contributed by atoms with E-state index in [0.29, 0.717) is 11.8 Å². The molecule has 0 amide bonds. The first kappa shape index (κ1) is 32.5. The normalized spacial score (nSPS) is 18.0. The Kier molecular flexibility index (Phi) is 9.97. The van der Waals surface area contributed by atoms with Gasteiger partial charge in [0, 0.05) is 48.9 Å². The molecule has 1 aliphatic heterocycles. The number of nitrogens with zero attached hydrogens (tertiary/aromatic N) is 4. The molecular weight excluding hydrogens is 577 g/mol. The molecule has 1 aliphatic carbocycles. The van der Waals surface area contributed by atoms with E-state index in [-0.39, 0.29) is 11.9 Å². The van der Waals surface area contributed by atoms with Gasteiger partial charge in [-0.2, -0.15) is 31.4 Å². The lowest BCUT2D eigenvalue weighted by Gasteiger charge is -2.17. The van der Waals surface area contributed by atoms with Crippen molar-refractivity contribution in [2.45, 2.75) is 51.1 Å². The quantitative estimate of drug-likeness (QED) is 0.368. The summed E-state index contributed by atoms with van der Waals surface area (Å²) in [6, 6.07) is 13.3. The topological polar surface area (TPSA) is 109 Å². The fourth-order valence-corrected chi connectivity index (χ4v) is 4.90. The molecule has 1 fully saturated rings. The number of carboxylic acids is 2. The highest BCUT2D eigenvalue weighted by Gasteiger charge is 2.44. The number of rotatable bonds is 4. The predicted molar refractivity (Wildman–Crippen MR) is 135 cm³/mol. The van der Waals surface area contributed by atoms with Crippen LogP contribution in [0.5, 0.6) is 0 Å². The SMILES string of the molecule is CC(C)n1nc2c(c1-c1ccc(F)cc1)[C@H]1CN(Cc3ccccn3)C[C@H]1C2.O=C(O)C(F)(F)F.O=C(O)C(F)(F)F. The first-order valence-corrected chi connectivity index (χ1v) is 12.6. The molecule has 5 rings (SSSR count). The number of carboxylic acid groups (broad SMARTS) is 2. The van der Waals surface area contributed by atoms with Crippen LogP contribution >= 0.6 is 0 Å². The molecule has 228 valence electrons. The number of halogens is 7. The lowest BCUT2D eigenvalue weighted by Crippen LogP contribution is -2.21. The lowest BCUT2D eigenvalue weighted by molar-refractivity contribution is -0.193. The Morgan fingerprint density at radius 3 is 2.00 bits per heavy atom. The highest BCUT2D eigenvalue weighted by molar-refractivity contribution is 5.73. The lowest BCUT2D eigenvalue weighted by atomic mass is 9.93. The van der Waals surface area contributed by atoms with E-state index in [1.165, 1.54) is 17.0 Å². The van der Waals surface area contributed by atoms with Crippen LogP contribution in [0.4, 0.5) is 30.7 Å². The molecule has 0 spiro atoms. The second-order valence-corrected chi connectivity index (χ2v) is 9.95. The van der Waals surface area contributed by atoms with E-state index in [1.807, 2.05) is 24.4 Å². The summed E-state index contributed by atoms with van der Waals surface area (Å²) in [4.78, 5) is 24.8. The Bertz CT molecular complexity index is 1350. The van der Waals surface area contributed by atoms with Crippen molar-refractivity contribution in [1.82, 2.24) is 19.7 Å². The number of aliphatic carboxylic acids is 2. The molecule has 0 unspecified atom stereocenters. The van der Waals surface area contributed by atoms with Gasteiger partial charge in [0.1, 0.15) is 5.82 Å². The molecule has 2 N–H and O–H groups in total. The Morgan fingerprint density at radius 2 is 1.52 bits per heavy atom. The third-order valence-corrected chi connectivity index (χ3v) is 6.57. The zero-order chi connectivity index (χ0) is 31.4. The van der Waals surface area contributed by atoms with Crippen LogP contribution in [-0.4, -0.2) is 67.3 Å². The highest BCUT2D eigenvalue weighted by atomic mass is 19.4. The van der Waals surface area contributed by atoms with Gasteiger partial charge >= 0.3 is 24.3 Å². The van der Waals surface area contributed by atoms with Gasteiger partial charge < -0.3 is 10.2 Å². The number of aromatic nitrogens is 3. The first-order chi connectivity index (χ1) is 19.5. The van der Waals surface area contributed by atoms with Crippen LogP contribution in [0.3, 0.4) is 0 Å². The van der Waals surface area contributed by atoms with Crippen LogP contribution in [0.15, 0.2) is 48.7 Å². The van der Waals surface area contributed by atoms with Gasteiger partial charge in [0.25, 0.3) is 0 Å². The van der Waals surface area contributed by atoms with E-state index in [1.54, 1.807) is 12.1 Å². The predicted octanol–water partition coefficient (Wildman–Crippen LogP) is 5.70. The first-order valence-electron chi connectivity index (χ1n) is 12.6. The van der Waals surface area contributed by atoms with Crippen molar-refractivity contribution in [3.8, 4) is 11.3 Å².